The van der Waals surface area contributed by atoms with Crippen molar-refractivity contribution < 1.29 is 0 Å². The number of pyridine rings is 1. The molecular weight excluding hydrogens is 310 g/mol. The summed E-state index contributed by atoms with van der Waals surface area (Å²) in [6.07, 6.45) is 4.81. The highest BCUT2D eigenvalue weighted by Gasteiger charge is 2.25. The van der Waals surface area contributed by atoms with Crippen molar-refractivity contribution >= 4 is 17.4 Å². The average Bonchev–Trinajstić information content (AvgIpc) is 3.14. The summed E-state index contributed by atoms with van der Waals surface area (Å²) in [5.41, 5.74) is 2.52. The van der Waals surface area contributed by atoms with Crippen molar-refractivity contribution in [3.63, 3.8) is 0 Å². The van der Waals surface area contributed by atoms with Crippen molar-refractivity contribution in [2.24, 2.45) is 0 Å². The van der Waals surface area contributed by atoms with Gasteiger partial charge in [0.1, 0.15) is 5.82 Å². The molecule has 0 aliphatic carbocycles. The van der Waals surface area contributed by atoms with Crippen molar-refractivity contribution in [2.45, 2.75) is 45.2 Å². The molecule has 1 fully saturated rings. The molecule has 2 N–H and O–H groups in total. The molecule has 0 spiro atoms. The zero-order valence-electron chi connectivity index (χ0n) is 13.9. The van der Waals surface area contributed by atoms with E-state index in [1.807, 2.05) is 18.3 Å². The first-order valence-corrected chi connectivity index (χ1v) is 8.44. The summed E-state index contributed by atoms with van der Waals surface area (Å²) in [6, 6.07) is 4.20. The average molecular weight is 334 g/mol. The normalized spacial score (nSPS) is 18.6. The molecule has 0 amide bonds. The van der Waals surface area contributed by atoms with Crippen LogP contribution in [0.5, 0.6) is 0 Å². The van der Waals surface area contributed by atoms with Gasteiger partial charge in [-0.25, -0.2) is 4.98 Å². The molecular formula is C17H24ClN5. The van der Waals surface area contributed by atoms with Crippen LogP contribution in [0.1, 0.15) is 38.4 Å². The Bertz CT molecular complexity index is 661. The number of aromatic nitrogens is 3. The van der Waals surface area contributed by atoms with Crippen molar-refractivity contribution in [1.82, 2.24) is 20.5 Å². The number of hydrogen-bond donors (Lipinski definition) is 2. The summed E-state index contributed by atoms with van der Waals surface area (Å²) in [5, 5.41) is 11.7. The summed E-state index contributed by atoms with van der Waals surface area (Å²) in [5.74, 6) is 0.886. The molecule has 3 heterocycles. The smallest absolute Gasteiger partial charge is 0.147 e. The maximum atomic E-state index is 6.24. The quantitative estimate of drug-likeness (QED) is 0.902. The molecule has 2 aromatic rings. The van der Waals surface area contributed by atoms with Crippen molar-refractivity contribution in [3.05, 3.63) is 40.8 Å². The Morgan fingerprint density at radius 3 is 3.00 bits per heavy atom. The topological polar surface area (TPSA) is 56.8 Å². The number of halogens is 1. The standard InChI is InChI=1S/C17H24ClN5/c1-17(2,3)15-12(10-21-22-15)9-20-13-6-8-23(11-13)16-14(18)5-4-7-19-16/h4-5,7,10,13,20H,6,8-9,11H2,1-3H3,(H,21,22)/t13-/m1/s1. The zero-order chi connectivity index (χ0) is 16.4. The van der Waals surface area contributed by atoms with Gasteiger partial charge < -0.3 is 10.2 Å². The molecule has 124 valence electrons. The van der Waals surface area contributed by atoms with Crippen LogP contribution in [0, 0.1) is 0 Å². The van der Waals surface area contributed by atoms with Gasteiger partial charge in [-0.15, -0.1) is 0 Å². The van der Waals surface area contributed by atoms with E-state index in [0.29, 0.717) is 6.04 Å². The van der Waals surface area contributed by atoms with E-state index >= 15 is 0 Å². The van der Waals surface area contributed by atoms with Crippen LogP contribution in [0.2, 0.25) is 5.02 Å². The van der Waals surface area contributed by atoms with Crippen molar-refractivity contribution in [2.75, 3.05) is 18.0 Å². The molecule has 2 aromatic heterocycles. The predicted molar refractivity (Wildman–Crippen MR) is 94.0 cm³/mol. The van der Waals surface area contributed by atoms with E-state index in [2.05, 4.69) is 46.2 Å². The molecule has 6 heteroatoms. The largest absolute Gasteiger partial charge is 0.354 e. The Labute approximate surface area is 142 Å². The minimum atomic E-state index is 0.0801. The van der Waals surface area contributed by atoms with Crippen LogP contribution in [-0.2, 0) is 12.0 Å². The molecule has 1 atom stereocenters. The van der Waals surface area contributed by atoms with Gasteiger partial charge in [0, 0.05) is 48.5 Å². The number of nitrogens with zero attached hydrogens (tertiary/aromatic N) is 3. The molecule has 0 saturated carbocycles. The first-order chi connectivity index (χ1) is 10.9. The molecule has 0 unspecified atom stereocenters. The van der Waals surface area contributed by atoms with Gasteiger partial charge in [-0.1, -0.05) is 32.4 Å². The number of anilines is 1. The third-order valence-corrected chi connectivity index (χ3v) is 4.57. The van der Waals surface area contributed by atoms with Gasteiger partial charge in [-0.2, -0.15) is 5.10 Å². The molecule has 23 heavy (non-hydrogen) atoms. The van der Waals surface area contributed by atoms with Crippen LogP contribution in [0.3, 0.4) is 0 Å². The Kier molecular flexibility index (Phi) is 4.60. The molecule has 3 rings (SSSR count). The second kappa shape index (κ2) is 6.49. The maximum absolute atomic E-state index is 6.24. The van der Waals surface area contributed by atoms with E-state index in [1.165, 1.54) is 11.3 Å². The fourth-order valence-corrected chi connectivity index (χ4v) is 3.32. The Hall–Kier alpha value is -1.59. The van der Waals surface area contributed by atoms with Crippen LogP contribution in [-0.4, -0.2) is 34.3 Å². The fraction of sp³-hybridized carbons (Fsp3) is 0.529. The Morgan fingerprint density at radius 1 is 1.43 bits per heavy atom. The second-order valence-corrected chi connectivity index (χ2v) is 7.55. The van der Waals surface area contributed by atoms with Crippen LogP contribution < -0.4 is 10.2 Å². The summed E-state index contributed by atoms with van der Waals surface area (Å²) in [6.45, 7) is 9.34. The molecule has 5 nitrogen and oxygen atoms in total. The maximum Gasteiger partial charge on any atom is 0.147 e. The molecule has 1 aliphatic heterocycles. The monoisotopic (exact) mass is 333 g/mol. The minimum absolute atomic E-state index is 0.0801. The number of H-pyrrole nitrogens is 1. The van der Waals surface area contributed by atoms with E-state index in [-0.39, 0.29) is 5.41 Å². The number of rotatable bonds is 4. The van der Waals surface area contributed by atoms with E-state index in [9.17, 15) is 0 Å². The molecule has 0 radical (unpaired) electrons. The Balaban J connectivity index is 1.59. The predicted octanol–water partition coefficient (Wildman–Crippen LogP) is 3.12. The van der Waals surface area contributed by atoms with Crippen LogP contribution >= 0.6 is 11.6 Å². The lowest BCUT2D eigenvalue weighted by atomic mass is 9.89. The van der Waals surface area contributed by atoms with E-state index in [1.54, 1.807) is 6.20 Å². The lowest BCUT2D eigenvalue weighted by Crippen LogP contribution is -2.33. The lowest BCUT2D eigenvalue weighted by molar-refractivity contribution is 0.526. The molecule has 0 bridgehead atoms. The van der Waals surface area contributed by atoms with Gasteiger partial charge >= 0.3 is 0 Å². The highest BCUT2D eigenvalue weighted by molar-refractivity contribution is 6.32. The van der Waals surface area contributed by atoms with Gasteiger partial charge in [0.2, 0.25) is 0 Å². The van der Waals surface area contributed by atoms with Crippen LogP contribution in [0.4, 0.5) is 5.82 Å². The summed E-state index contributed by atoms with van der Waals surface area (Å²) in [7, 11) is 0. The Morgan fingerprint density at radius 2 is 2.26 bits per heavy atom. The number of nitrogens with one attached hydrogen (secondary N) is 2. The van der Waals surface area contributed by atoms with Crippen LogP contribution in [0.25, 0.3) is 0 Å². The van der Waals surface area contributed by atoms with Gasteiger partial charge in [0.05, 0.1) is 11.2 Å². The molecule has 0 aromatic carbocycles. The number of hydrogen-bond acceptors (Lipinski definition) is 4. The van der Waals surface area contributed by atoms with E-state index < -0.39 is 0 Å². The van der Waals surface area contributed by atoms with Gasteiger partial charge in [-0.05, 0) is 18.6 Å². The lowest BCUT2D eigenvalue weighted by Gasteiger charge is -2.20. The van der Waals surface area contributed by atoms with Crippen molar-refractivity contribution in [3.8, 4) is 0 Å². The number of aromatic amines is 1. The first-order valence-electron chi connectivity index (χ1n) is 8.06. The van der Waals surface area contributed by atoms with Crippen molar-refractivity contribution in [1.29, 1.82) is 0 Å². The zero-order valence-corrected chi connectivity index (χ0v) is 14.7. The van der Waals surface area contributed by atoms with E-state index in [0.717, 1.165) is 36.9 Å². The first kappa shape index (κ1) is 16.3. The van der Waals surface area contributed by atoms with Crippen LogP contribution in [0.15, 0.2) is 24.5 Å². The van der Waals surface area contributed by atoms with Gasteiger partial charge in [0.25, 0.3) is 0 Å². The third kappa shape index (κ3) is 3.67. The van der Waals surface area contributed by atoms with E-state index in [4.69, 9.17) is 11.6 Å². The summed E-state index contributed by atoms with van der Waals surface area (Å²) >= 11 is 6.24. The molecule has 1 saturated heterocycles. The summed E-state index contributed by atoms with van der Waals surface area (Å²) in [4.78, 5) is 6.65. The van der Waals surface area contributed by atoms with Gasteiger partial charge in [-0.3, -0.25) is 5.10 Å². The second-order valence-electron chi connectivity index (χ2n) is 7.14. The highest BCUT2D eigenvalue weighted by Crippen LogP contribution is 2.26. The third-order valence-electron chi connectivity index (χ3n) is 4.28. The molecule has 1 aliphatic rings. The highest BCUT2D eigenvalue weighted by atomic mass is 35.5. The summed E-state index contributed by atoms with van der Waals surface area (Å²) < 4.78 is 0. The van der Waals surface area contributed by atoms with Gasteiger partial charge in [0.15, 0.2) is 0 Å². The fourth-order valence-electron chi connectivity index (χ4n) is 3.08. The minimum Gasteiger partial charge on any atom is -0.354 e. The SMILES string of the molecule is CC(C)(C)c1[nH]ncc1CN[C@@H]1CCN(c2ncccc2Cl)C1.